The number of H-pyrrole nitrogens is 1. The molecule has 36 heavy (non-hydrogen) atoms. The number of rotatable bonds is 5. The monoisotopic (exact) mass is 503 g/mol. The molecule has 1 aliphatic heterocycles. The zero-order chi connectivity index (χ0) is 25.6. The topological polar surface area (TPSA) is 79.1 Å². The van der Waals surface area contributed by atoms with Crippen molar-refractivity contribution in [1.29, 1.82) is 0 Å². The number of pyridine rings is 1. The standard InChI is InChI=1S/C27H20ClFN4O3/c1-3-21-22(26(35)33(30-21)19-11-9-18(29)10-12-19)23-24(31-13-5-6-16(2)15-31)27(36)32(25(23)34)20-8-4-7-17(28)14-20/h4-15H,3H2,1-2H3/p+1. The molecule has 180 valence electrons. The summed E-state index contributed by atoms with van der Waals surface area (Å²) >= 11 is 6.15. The largest absolute Gasteiger partial charge is 0.331 e. The Labute approximate surface area is 210 Å². The molecule has 0 saturated heterocycles. The van der Waals surface area contributed by atoms with E-state index in [0.29, 0.717) is 28.5 Å². The van der Waals surface area contributed by atoms with Gasteiger partial charge >= 0.3 is 5.91 Å². The van der Waals surface area contributed by atoms with Gasteiger partial charge in [0.15, 0.2) is 12.4 Å². The van der Waals surface area contributed by atoms with Crippen LogP contribution in [0.2, 0.25) is 5.02 Å². The van der Waals surface area contributed by atoms with Crippen LogP contribution in [0.1, 0.15) is 23.7 Å². The van der Waals surface area contributed by atoms with Crippen LogP contribution in [0.5, 0.6) is 0 Å². The maximum atomic E-state index is 13.9. The Morgan fingerprint density at radius 1 is 0.972 bits per heavy atom. The predicted octanol–water partition coefficient (Wildman–Crippen LogP) is 4.06. The van der Waals surface area contributed by atoms with Crippen molar-refractivity contribution >= 4 is 40.4 Å². The number of benzene rings is 2. The number of anilines is 1. The fraction of sp³-hybridized carbons (Fsp3) is 0.111. The molecule has 0 fully saturated rings. The molecule has 0 saturated carbocycles. The summed E-state index contributed by atoms with van der Waals surface area (Å²) in [7, 11) is 0. The summed E-state index contributed by atoms with van der Waals surface area (Å²) in [6.45, 7) is 3.70. The number of aromatic amines is 1. The first-order chi connectivity index (χ1) is 17.3. The Morgan fingerprint density at radius 3 is 2.39 bits per heavy atom. The van der Waals surface area contributed by atoms with Crippen molar-refractivity contribution in [3.63, 3.8) is 0 Å². The summed E-state index contributed by atoms with van der Waals surface area (Å²) in [5.41, 5.74) is 1.64. The van der Waals surface area contributed by atoms with Gasteiger partial charge in [0.2, 0.25) is 0 Å². The highest BCUT2D eigenvalue weighted by Gasteiger charge is 2.48. The van der Waals surface area contributed by atoms with Gasteiger partial charge in [-0.15, -0.1) is 0 Å². The molecule has 4 aromatic rings. The van der Waals surface area contributed by atoms with E-state index < -0.39 is 23.2 Å². The SMILES string of the molecule is CCc1[nH]n(-c2ccc(F)cc2)c(=O)c1C1=C([n+]2cccc(C)c2)C(=O)N(c2cccc(Cl)c2)C1=O. The smallest absolute Gasteiger partial charge is 0.294 e. The number of aromatic nitrogens is 3. The van der Waals surface area contributed by atoms with Gasteiger partial charge in [0.05, 0.1) is 16.9 Å². The average Bonchev–Trinajstić information content (AvgIpc) is 3.31. The summed E-state index contributed by atoms with van der Waals surface area (Å²) in [6, 6.07) is 15.4. The molecule has 0 atom stereocenters. The number of nitrogens with one attached hydrogen (secondary N) is 1. The van der Waals surface area contributed by atoms with E-state index in [0.717, 1.165) is 10.5 Å². The zero-order valence-corrected chi connectivity index (χ0v) is 20.2. The number of hydrogen-bond donors (Lipinski definition) is 1. The number of aryl methyl sites for hydroxylation is 2. The highest BCUT2D eigenvalue weighted by Crippen LogP contribution is 2.34. The number of nitrogens with zero attached hydrogens (tertiary/aromatic N) is 3. The van der Waals surface area contributed by atoms with Crippen molar-refractivity contribution < 1.29 is 18.5 Å². The van der Waals surface area contributed by atoms with Crippen LogP contribution in [0, 0.1) is 12.7 Å². The third-order valence-corrected chi connectivity index (χ3v) is 6.22. The molecule has 2 aromatic carbocycles. The minimum absolute atomic E-state index is 0.0189. The molecule has 3 heterocycles. The van der Waals surface area contributed by atoms with Gasteiger partial charge < -0.3 is 0 Å². The number of carbonyl (C=O) groups excluding carboxylic acids is 2. The van der Waals surface area contributed by atoms with E-state index in [2.05, 4.69) is 5.10 Å². The van der Waals surface area contributed by atoms with Gasteiger partial charge in [-0.2, -0.15) is 4.57 Å². The summed E-state index contributed by atoms with van der Waals surface area (Å²) in [5, 5.41) is 3.39. The van der Waals surface area contributed by atoms with Crippen molar-refractivity contribution in [2.24, 2.45) is 0 Å². The molecule has 0 radical (unpaired) electrons. The Morgan fingerprint density at radius 2 is 1.72 bits per heavy atom. The van der Waals surface area contributed by atoms with Gasteiger partial charge in [-0.05, 0) is 61.9 Å². The lowest BCUT2D eigenvalue weighted by Crippen LogP contribution is -2.39. The van der Waals surface area contributed by atoms with Gasteiger partial charge in [-0.3, -0.25) is 19.5 Å². The van der Waals surface area contributed by atoms with Crippen LogP contribution in [0.3, 0.4) is 0 Å². The van der Waals surface area contributed by atoms with Crippen LogP contribution in [0.15, 0.2) is 77.9 Å². The van der Waals surface area contributed by atoms with E-state index in [-0.39, 0.29) is 16.8 Å². The van der Waals surface area contributed by atoms with Crippen molar-refractivity contribution in [2.45, 2.75) is 20.3 Å². The van der Waals surface area contributed by atoms with Crippen LogP contribution in [-0.4, -0.2) is 21.6 Å². The van der Waals surface area contributed by atoms with Crippen molar-refractivity contribution in [2.75, 3.05) is 4.90 Å². The molecular weight excluding hydrogens is 483 g/mol. The molecule has 2 amide bonds. The molecule has 0 spiro atoms. The highest BCUT2D eigenvalue weighted by atomic mass is 35.5. The first-order valence-corrected chi connectivity index (χ1v) is 11.6. The second-order valence-electron chi connectivity index (χ2n) is 8.37. The maximum Gasteiger partial charge on any atom is 0.331 e. The van der Waals surface area contributed by atoms with Crippen molar-refractivity contribution in [3.8, 4) is 5.69 Å². The average molecular weight is 504 g/mol. The molecule has 0 bridgehead atoms. The fourth-order valence-electron chi connectivity index (χ4n) is 4.33. The molecule has 5 rings (SSSR count). The Bertz CT molecular complexity index is 1620. The van der Waals surface area contributed by atoms with Crippen LogP contribution >= 0.6 is 11.6 Å². The summed E-state index contributed by atoms with van der Waals surface area (Å²) < 4.78 is 16.3. The Kier molecular flexibility index (Phi) is 5.89. The van der Waals surface area contributed by atoms with Crippen LogP contribution < -0.4 is 15.0 Å². The maximum absolute atomic E-state index is 13.9. The van der Waals surface area contributed by atoms with E-state index in [1.807, 2.05) is 19.9 Å². The molecular formula is C27H21ClFN4O3+. The van der Waals surface area contributed by atoms with Crippen molar-refractivity contribution in [3.05, 3.63) is 111 Å². The Hall–Kier alpha value is -4.30. The lowest BCUT2D eigenvalue weighted by atomic mass is 10.0. The predicted molar refractivity (Wildman–Crippen MR) is 134 cm³/mol. The number of amides is 2. The molecule has 0 unspecified atom stereocenters. The molecule has 0 aliphatic carbocycles. The molecule has 1 aliphatic rings. The van der Waals surface area contributed by atoms with Crippen LogP contribution in [-0.2, 0) is 16.0 Å². The highest BCUT2D eigenvalue weighted by molar-refractivity contribution is 6.53. The minimum Gasteiger partial charge on any atom is -0.294 e. The van der Waals surface area contributed by atoms with Crippen molar-refractivity contribution in [1.82, 2.24) is 9.78 Å². The lowest BCUT2D eigenvalue weighted by Gasteiger charge is -2.14. The van der Waals surface area contributed by atoms with Gasteiger partial charge in [0.1, 0.15) is 11.4 Å². The summed E-state index contributed by atoms with van der Waals surface area (Å²) in [4.78, 5) is 42.4. The minimum atomic E-state index is -0.636. The second-order valence-corrected chi connectivity index (χ2v) is 8.81. The zero-order valence-electron chi connectivity index (χ0n) is 19.5. The quantitative estimate of drug-likeness (QED) is 0.329. The van der Waals surface area contributed by atoms with Gasteiger partial charge in [0, 0.05) is 22.3 Å². The van der Waals surface area contributed by atoms with E-state index >= 15 is 0 Å². The second kappa shape index (κ2) is 9.05. The first kappa shape index (κ1) is 23.4. The fourth-order valence-corrected chi connectivity index (χ4v) is 4.52. The van der Waals surface area contributed by atoms with Gasteiger partial charge in [-0.1, -0.05) is 24.6 Å². The number of hydrogen-bond acceptors (Lipinski definition) is 3. The third kappa shape index (κ3) is 3.85. The molecule has 2 aromatic heterocycles. The lowest BCUT2D eigenvalue weighted by molar-refractivity contribution is -0.577. The van der Waals surface area contributed by atoms with Crippen LogP contribution in [0.4, 0.5) is 10.1 Å². The van der Waals surface area contributed by atoms with Crippen LogP contribution in [0.25, 0.3) is 17.0 Å². The number of halogens is 2. The third-order valence-electron chi connectivity index (χ3n) is 5.99. The van der Waals surface area contributed by atoms with E-state index in [4.69, 9.17) is 11.6 Å². The molecule has 1 N–H and O–H groups in total. The molecule has 7 nitrogen and oxygen atoms in total. The van der Waals surface area contributed by atoms with E-state index in [9.17, 15) is 18.8 Å². The number of imide groups is 1. The Balaban J connectivity index is 1.78. The van der Waals surface area contributed by atoms with Gasteiger partial charge in [0.25, 0.3) is 17.2 Å². The summed E-state index contributed by atoms with van der Waals surface area (Å²) in [6.07, 6.45) is 3.76. The van der Waals surface area contributed by atoms with Gasteiger partial charge in [-0.25, -0.2) is 14.0 Å². The molecule has 9 heteroatoms. The van der Waals surface area contributed by atoms with E-state index in [1.54, 1.807) is 41.2 Å². The summed E-state index contributed by atoms with van der Waals surface area (Å²) in [5.74, 6) is -1.66. The van der Waals surface area contributed by atoms with E-state index in [1.165, 1.54) is 35.0 Å². The first-order valence-electron chi connectivity index (χ1n) is 11.3. The number of carbonyl (C=O) groups is 2. The normalized spacial score (nSPS) is 13.7.